The SMILES string of the molecule is O=C(NC=C1CCOCC1)N1CCCCC1. The number of hydrogen-bond acceptors (Lipinski definition) is 2. The lowest BCUT2D eigenvalue weighted by molar-refractivity contribution is 0.118. The molecule has 90 valence electrons. The van der Waals surface area contributed by atoms with Crippen LogP contribution in [-0.2, 0) is 4.74 Å². The van der Waals surface area contributed by atoms with E-state index in [0.717, 1.165) is 52.0 Å². The third-order valence-electron chi connectivity index (χ3n) is 3.18. The minimum Gasteiger partial charge on any atom is -0.381 e. The van der Waals surface area contributed by atoms with E-state index in [2.05, 4.69) is 5.32 Å². The van der Waals surface area contributed by atoms with Gasteiger partial charge in [-0.15, -0.1) is 0 Å². The molecule has 2 amide bonds. The Bertz CT molecular complexity index is 262. The smallest absolute Gasteiger partial charge is 0.321 e. The summed E-state index contributed by atoms with van der Waals surface area (Å²) < 4.78 is 5.26. The molecule has 4 heteroatoms. The molecule has 16 heavy (non-hydrogen) atoms. The molecule has 0 radical (unpaired) electrons. The molecule has 2 rings (SSSR count). The molecular weight excluding hydrogens is 204 g/mol. The number of piperidine rings is 1. The number of urea groups is 1. The second-order valence-electron chi connectivity index (χ2n) is 4.41. The van der Waals surface area contributed by atoms with Crippen molar-refractivity contribution < 1.29 is 9.53 Å². The van der Waals surface area contributed by atoms with Crippen LogP contribution >= 0.6 is 0 Å². The summed E-state index contributed by atoms with van der Waals surface area (Å²) in [7, 11) is 0. The Morgan fingerprint density at radius 1 is 1.19 bits per heavy atom. The number of carbonyl (C=O) groups excluding carboxylic acids is 1. The molecule has 2 aliphatic rings. The highest BCUT2D eigenvalue weighted by molar-refractivity contribution is 5.75. The molecule has 2 fully saturated rings. The van der Waals surface area contributed by atoms with Crippen LogP contribution in [0.4, 0.5) is 4.79 Å². The van der Waals surface area contributed by atoms with Gasteiger partial charge in [-0.3, -0.25) is 0 Å². The van der Waals surface area contributed by atoms with Crippen molar-refractivity contribution >= 4 is 6.03 Å². The van der Waals surface area contributed by atoms with Gasteiger partial charge >= 0.3 is 6.03 Å². The van der Waals surface area contributed by atoms with E-state index >= 15 is 0 Å². The van der Waals surface area contributed by atoms with Crippen LogP contribution < -0.4 is 5.32 Å². The van der Waals surface area contributed by atoms with E-state index in [0.29, 0.717) is 0 Å². The maximum atomic E-state index is 11.8. The van der Waals surface area contributed by atoms with Gasteiger partial charge < -0.3 is 15.0 Å². The van der Waals surface area contributed by atoms with Crippen LogP contribution in [0.5, 0.6) is 0 Å². The van der Waals surface area contributed by atoms with Crippen LogP contribution in [0.1, 0.15) is 32.1 Å². The Kier molecular flexibility index (Phi) is 4.22. The standard InChI is InChI=1S/C12H20N2O2/c15-12(14-6-2-1-3-7-14)13-10-11-4-8-16-9-5-11/h10H,1-9H2,(H,13,15). The summed E-state index contributed by atoms with van der Waals surface area (Å²) >= 11 is 0. The third-order valence-corrected chi connectivity index (χ3v) is 3.18. The first kappa shape index (κ1) is 11.5. The van der Waals surface area contributed by atoms with Crippen LogP contribution in [0, 0.1) is 0 Å². The summed E-state index contributed by atoms with van der Waals surface area (Å²) in [5.74, 6) is 0. The summed E-state index contributed by atoms with van der Waals surface area (Å²) in [6.45, 7) is 3.37. The maximum absolute atomic E-state index is 11.8. The number of hydrogen-bond donors (Lipinski definition) is 1. The predicted octanol–water partition coefficient (Wildman–Crippen LogP) is 1.88. The zero-order valence-corrected chi connectivity index (χ0v) is 9.71. The number of nitrogens with one attached hydrogen (secondary N) is 1. The van der Waals surface area contributed by atoms with Crippen LogP contribution in [-0.4, -0.2) is 37.2 Å². The highest BCUT2D eigenvalue weighted by atomic mass is 16.5. The number of rotatable bonds is 1. The van der Waals surface area contributed by atoms with E-state index in [9.17, 15) is 4.79 Å². The van der Waals surface area contributed by atoms with E-state index in [1.165, 1.54) is 12.0 Å². The number of nitrogens with zero attached hydrogens (tertiary/aromatic N) is 1. The number of likely N-dealkylation sites (tertiary alicyclic amines) is 1. The molecule has 2 saturated heterocycles. The van der Waals surface area contributed by atoms with Crippen molar-refractivity contribution in [1.29, 1.82) is 0 Å². The molecule has 0 atom stereocenters. The minimum atomic E-state index is 0.0543. The van der Waals surface area contributed by atoms with Crippen molar-refractivity contribution in [2.24, 2.45) is 0 Å². The third kappa shape index (κ3) is 3.23. The van der Waals surface area contributed by atoms with Crippen molar-refractivity contribution in [2.75, 3.05) is 26.3 Å². The highest BCUT2D eigenvalue weighted by Gasteiger charge is 2.15. The van der Waals surface area contributed by atoms with Gasteiger partial charge in [-0.25, -0.2) is 4.79 Å². The molecule has 0 unspecified atom stereocenters. The largest absolute Gasteiger partial charge is 0.381 e. The van der Waals surface area contributed by atoms with E-state index < -0.39 is 0 Å². The fourth-order valence-corrected chi connectivity index (χ4v) is 2.13. The zero-order valence-electron chi connectivity index (χ0n) is 9.71. The van der Waals surface area contributed by atoms with Crippen molar-refractivity contribution in [2.45, 2.75) is 32.1 Å². The van der Waals surface area contributed by atoms with Gasteiger partial charge in [0, 0.05) is 19.3 Å². The molecule has 0 aromatic heterocycles. The van der Waals surface area contributed by atoms with Gasteiger partial charge in [-0.1, -0.05) is 0 Å². The lowest BCUT2D eigenvalue weighted by atomic mass is 10.1. The molecule has 1 N–H and O–H groups in total. The summed E-state index contributed by atoms with van der Waals surface area (Å²) in [5, 5.41) is 2.89. The summed E-state index contributed by atoms with van der Waals surface area (Å²) in [4.78, 5) is 13.7. The molecular formula is C12H20N2O2. The molecule has 4 nitrogen and oxygen atoms in total. The Morgan fingerprint density at radius 3 is 2.56 bits per heavy atom. The molecule has 0 saturated carbocycles. The quantitative estimate of drug-likeness (QED) is 0.739. The average molecular weight is 224 g/mol. The van der Waals surface area contributed by atoms with E-state index in [1.807, 2.05) is 11.1 Å². The Labute approximate surface area is 96.6 Å². The van der Waals surface area contributed by atoms with Crippen LogP contribution in [0.2, 0.25) is 0 Å². The zero-order chi connectivity index (χ0) is 11.2. The molecule has 0 aromatic carbocycles. The second kappa shape index (κ2) is 5.89. The normalized spacial score (nSPS) is 21.8. The molecule has 0 spiro atoms. The first-order chi connectivity index (χ1) is 7.86. The topological polar surface area (TPSA) is 41.6 Å². The lowest BCUT2D eigenvalue weighted by Gasteiger charge is -2.26. The van der Waals surface area contributed by atoms with Crippen LogP contribution in [0.25, 0.3) is 0 Å². The lowest BCUT2D eigenvalue weighted by Crippen LogP contribution is -2.41. The van der Waals surface area contributed by atoms with Crippen LogP contribution in [0.3, 0.4) is 0 Å². The Balaban J connectivity index is 1.77. The Hall–Kier alpha value is -1.03. The fourth-order valence-electron chi connectivity index (χ4n) is 2.13. The molecule has 0 aromatic rings. The van der Waals surface area contributed by atoms with E-state index in [4.69, 9.17) is 4.74 Å². The molecule has 2 heterocycles. The monoisotopic (exact) mass is 224 g/mol. The van der Waals surface area contributed by atoms with Crippen molar-refractivity contribution in [1.82, 2.24) is 10.2 Å². The average Bonchev–Trinajstić information content (AvgIpc) is 2.38. The first-order valence-electron chi connectivity index (χ1n) is 6.17. The van der Waals surface area contributed by atoms with Crippen molar-refractivity contribution in [3.63, 3.8) is 0 Å². The predicted molar refractivity (Wildman–Crippen MR) is 62.1 cm³/mol. The molecule has 0 aliphatic carbocycles. The van der Waals surface area contributed by atoms with Crippen LogP contribution in [0.15, 0.2) is 11.8 Å². The van der Waals surface area contributed by atoms with Gasteiger partial charge in [0.25, 0.3) is 0 Å². The number of amides is 2. The summed E-state index contributed by atoms with van der Waals surface area (Å²) in [6, 6.07) is 0.0543. The molecule has 0 bridgehead atoms. The maximum Gasteiger partial charge on any atom is 0.321 e. The van der Waals surface area contributed by atoms with E-state index in [-0.39, 0.29) is 6.03 Å². The number of ether oxygens (including phenoxy) is 1. The number of carbonyl (C=O) groups is 1. The Morgan fingerprint density at radius 2 is 1.88 bits per heavy atom. The molecule has 2 aliphatic heterocycles. The van der Waals surface area contributed by atoms with Crippen molar-refractivity contribution in [3.8, 4) is 0 Å². The highest BCUT2D eigenvalue weighted by Crippen LogP contribution is 2.12. The summed E-state index contributed by atoms with van der Waals surface area (Å²) in [6.07, 6.45) is 7.29. The fraction of sp³-hybridized carbons (Fsp3) is 0.750. The first-order valence-corrected chi connectivity index (χ1v) is 6.17. The van der Waals surface area contributed by atoms with Gasteiger partial charge in [-0.2, -0.15) is 0 Å². The van der Waals surface area contributed by atoms with Gasteiger partial charge in [0.2, 0.25) is 0 Å². The van der Waals surface area contributed by atoms with Crippen molar-refractivity contribution in [3.05, 3.63) is 11.8 Å². The second-order valence-corrected chi connectivity index (χ2v) is 4.41. The minimum absolute atomic E-state index is 0.0543. The van der Waals surface area contributed by atoms with Gasteiger partial charge in [0.15, 0.2) is 0 Å². The van der Waals surface area contributed by atoms with Gasteiger partial charge in [0.1, 0.15) is 0 Å². The summed E-state index contributed by atoms with van der Waals surface area (Å²) in [5.41, 5.74) is 1.29. The van der Waals surface area contributed by atoms with E-state index in [1.54, 1.807) is 0 Å². The van der Waals surface area contributed by atoms with Gasteiger partial charge in [-0.05, 0) is 37.7 Å². The van der Waals surface area contributed by atoms with Gasteiger partial charge in [0.05, 0.1) is 13.2 Å².